The van der Waals surface area contributed by atoms with Gasteiger partial charge in [0.25, 0.3) is 0 Å². The average molecular weight is 659 g/mol. The molecular weight excluding hydrogens is 589 g/mol. The zero-order valence-electron chi connectivity index (χ0n) is 29.6. The molecule has 2 atom stereocenters. The van der Waals surface area contributed by atoms with Gasteiger partial charge in [0.1, 0.15) is 19.3 Å². The summed E-state index contributed by atoms with van der Waals surface area (Å²) >= 11 is 0. The molecule has 0 aliphatic carbocycles. The summed E-state index contributed by atoms with van der Waals surface area (Å²) in [5.41, 5.74) is 0. The van der Waals surface area contributed by atoms with E-state index in [4.69, 9.17) is 18.5 Å². The Morgan fingerprint density at radius 2 is 1.29 bits per heavy atom. The number of phosphoric ester groups is 1. The molecule has 0 bridgehead atoms. The molecular formula is C36H69NO7P+. The van der Waals surface area contributed by atoms with E-state index in [2.05, 4.69) is 50.3 Å². The van der Waals surface area contributed by atoms with Crippen LogP contribution in [0.1, 0.15) is 129 Å². The highest BCUT2D eigenvalue weighted by atomic mass is 31.2. The maximum absolute atomic E-state index is 12.4. The summed E-state index contributed by atoms with van der Waals surface area (Å²) in [6.07, 6.45) is 32.1. The zero-order chi connectivity index (χ0) is 33.5. The molecule has 0 saturated carbocycles. The maximum atomic E-state index is 12.4. The van der Waals surface area contributed by atoms with Crippen molar-refractivity contribution >= 4 is 13.8 Å². The first-order valence-corrected chi connectivity index (χ1v) is 19.2. The molecule has 45 heavy (non-hydrogen) atoms. The molecule has 0 radical (unpaired) electrons. The first kappa shape index (κ1) is 43.7. The normalized spacial score (nSPS) is 14.5. The van der Waals surface area contributed by atoms with Crippen molar-refractivity contribution in [2.24, 2.45) is 0 Å². The predicted molar refractivity (Wildman–Crippen MR) is 187 cm³/mol. The Hall–Kier alpha value is -1.28. The Labute approximate surface area is 276 Å². The number of carbonyl (C=O) groups excluding carboxylic acids is 1. The molecule has 0 saturated heterocycles. The van der Waals surface area contributed by atoms with Crippen LogP contribution >= 0.6 is 7.82 Å². The minimum absolute atomic E-state index is 0.0865. The molecule has 1 N–H and O–H groups in total. The number of esters is 1. The second-order valence-corrected chi connectivity index (χ2v) is 14.3. The van der Waals surface area contributed by atoms with Crippen LogP contribution in [0.25, 0.3) is 0 Å². The van der Waals surface area contributed by atoms with Crippen molar-refractivity contribution < 1.29 is 37.3 Å². The molecule has 0 spiro atoms. The van der Waals surface area contributed by atoms with Crippen LogP contribution in [0.4, 0.5) is 0 Å². The third kappa shape index (κ3) is 33.9. The van der Waals surface area contributed by atoms with Gasteiger partial charge >= 0.3 is 13.8 Å². The highest BCUT2D eigenvalue weighted by molar-refractivity contribution is 7.47. The number of phosphoric acid groups is 1. The lowest BCUT2D eigenvalue weighted by Gasteiger charge is -2.24. The molecule has 9 heteroatoms. The Bertz CT molecular complexity index is 823. The second kappa shape index (κ2) is 30.1. The van der Waals surface area contributed by atoms with Gasteiger partial charge in [0, 0.05) is 13.0 Å². The van der Waals surface area contributed by atoms with Crippen molar-refractivity contribution in [1.29, 1.82) is 0 Å². The van der Waals surface area contributed by atoms with Crippen LogP contribution < -0.4 is 0 Å². The minimum Gasteiger partial charge on any atom is -0.457 e. The first-order chi connectivity index (χ1) is 21.6. The van der Waals surface area contributed by atoms with Gasteiger partial charge in [0.15, 0.2) is 0 Å². The van der Waals surface area contributed by atoms with Gasteiger partial charge < -0.3 is 18.9 Å². The van der Waals surface area contributed by atoms with Gasteiger partial charge in [-0.1, -0.05) is 115 Å². The topological polar surface area (TPSA) is 91.3 Å². The summed E-state index contributed by atoms with van der Waals surface area (Å²) in [5.74, 6) is -0.332. The van der Waals surface area contributed by atoms with Crippen molar-refractivity contribution in [2.75, 3.05) is 54.1 Å². The first-order valence-electron chi connectivity index (χ1n) is 17.7. The fourth-order valence-electron chi connectivity index (χ4n) is 4.45. The molecule has 0 fully saturated rings. The number of quaternary nitrogens is 1. The highest BCUT2D eigenvalue weighted by Crippen LogP contribution is 2.43. The Morgan fingerprint density at radius 3 is 1.93 bits per heavy atom. The molecule has 0 aromatic heterocycles. The molecule has 264 valence electrons. The molecule has 0 aromatic rings. The standard InChI is InChI=1S/C36H68NO7P/c1-6-8-10-12-13-14-15-16-17-18-19-20-21-22-23-24-26-28-31-41-33-35(44-36(38)29-27-25-11-9-7-2)34-43-45(39,40)42-32-30-37(3,4)5/h8,10,13-14,16-17,35H,6-7,9,11-12,15,18-34H2,1-5H3/p+1/b10-8-,14-13-,17-16-. The fraction of sp³-hybridized carbons (Fsp3) is 0.806. The maximum Gasteiger partial charge on any atom is 0.472 e. The number of nitrogens with zero attached hydrogens (tertiary/aromatic N) is 1. The van der Waals surface area contributed by atoms with E-state index in [9.17, 15) is 14.3 Å². The number of carbonyl (C=O) groups is 1. The summed E-state index contributed by atoms with van der Waals surface area (Å²) in [6.45, 7) is 5.39. The van der Waals surface area contributed by atoms with Crippen molar-refractivity contribution in [1.82, 2.24) is 0 Å². The van der Waals surface area contributed by atoms with E-state index in [0.717, 1.165) is 64.2 Å². The third-order valence-electron chi connectivity index (χ3n) is 7.22. The zero-order valence-corrected chi connectivity index (χ0v) is 30.5. The number of allylic oxidation sites excluding steroid dienone is 6. The number of rotatable bonds is 32. The number of hydrogen-bond donors (Lipinski definition) is 1. The van der Waals surface area contributed by atoms with Gasteiger partial charge in [0.05, 0.1) is 34.4 Å². The van der Waals surface area contributed by atoms with Crippen molar-refractivity contribution in [3.8, 4) is 0 Å². The lowest BCUT2D eigenvalue weighted by atomic mass is 10.1. The van der Waals surface area contributed by atoms with Gasteiger partial charge in [-0.3, -0.25) is 13.8 Å². The summed E-state index contributed by atoms with van der Waals surface area (Å²) in [5, 5.41) is 0. The van der Waals surface area contributed by atoms with E-state index in [1.807, 2.05) is 21.1 Å². The monoisotopic (exact) mass is 658 g/mol. The second-order valence-electron chi connectivity index (χ2n) is 12.9. The van der Waals surface area contributed by atoms with Gasteiger partial charge in [-0.15, -0.1) is 0 Å². The lowest BCUT2D eigenvalue weighted by molar-refractivity contribution is -0.870. The van der Waals surface area contributed by atoms with E-state index >= 15 is 0 Å². The molecule has 0 aliphatic rings. The van der Waals surface area contributed by atoms with Crippen LogP contribution in [0.15, 0.2) is 36.5 Å². The average Bonchev–Trinajstić information content (AvgIpc) is 2.98. The molecule has 0 aromatic carbocycles. The molecule has 0 amide bonds. The summed E-state index contributed by atoms with van der Waals surface area (Å²) in [7, 11) is 1.65. The van der Waals surface area contributed by atoms with Crippen molar-refractivity contribution in [2.45, 2.75) is 136 Å². The van der Waals surface area contributed by atoms with Crippen LogP contribution in [0.3, 0.4) is 0 Å². The van der Waals surface area contributed by atoms with E-state index < -0.39 is 13.9 Å². The van der Waals surface area contributed by atoms with E-state index in [1.54, 1.807) is 0 Å². The Morgan fingerprint density at radius 1 is 0.711 bits per heavy atom. The Kier molecular flexibility index (Phi) is 29.2. The van der Waals surface area contributed by atoms with Gasteiger partial charge in [-0.05, 0) is 44.9 Å². The van der Waals surface area contributed by atoms with Crippen LogP contribution in [0.5, 0.6) is 0 Å². The van der Waals surface area contributed by atoms with E-state index in [-0.39, 0.29) is 25.8 Å². The molecule has 0 rings (SSSR count). The Balaban J connectivity index is 4.14. The van der Waals surface area contributed by atoms with E-state index in [0.29, 0.717) is 24.1 Å². The predicted octanol–water partition coefficient (Wildman–Crippen LogP) is 9.48. The molecule has 8 nitrogen and oxygen atoms in total. The molecule has 0 aliphatic heterocycles. The quantitative estimate of drug-likeness (QED) is 0.0253. The number of likely N-dealkylation sites (N-methyl/N-ethyl adjacent to an activating group) is 1. The highest BCUT2D eigenvalue weighted by Gasteiger charge is 2.26. The van der Waals surface area contributed by atoms with Crippen molar-refractivity contribution in [3.63, 3.8) is 0 Å². The van der Waals surface area contributed by atoms with Gasteiger partial charge in [0.2, 0.25) is 0 Å². The fourth-order valence-corrected chi connectivity index (χ4v) is 5.19. The minimum atomic E-state index is -4.25. The molecule has 0 heterocycles. The summed E-state index contributed by atoms with van der Waals surface area (Å²) < 4.78 is 34.6. The molecule has 2 unspecified atom stereocenters. The van der Waals surface area contributed by atoms with Crippen LogP contribution in [0.2, 0.25) is 0 Å². The number of hydrogen-bond acceptors (Lipinski definition) is 6. The van der Waals surface area contributed by atoms with E-state index in [1.165, 1.54) is 44.9 Å². The lowest BCUT2D eigenvalue weighted by Crippen LogP contribution is -2.37. The summed E-state index contributed by atoms with van der Waals surface area (Å²) in [6, 6.07) is 0. The smallest absolute Gasteiger partial charge is 0.457 e. The van der Waals surface area contributed by atoms with Crippen LogP contribution in [-0.2, 0) is 27.9 Å². The van der Waals surface area contributed by atoms with Gasteiger partial charge in [-0.25, -0.2) is 4.57 Å². The van der Waals surface area contributed by atoms with Gasteiger partial charge in [-0.2, -0.15) is 0 Å². The SMILES string of the molecule is CC/C=C\C/C=C\C/C=C\CCCCCCCCCCOCC(COP(=O)(O)OCC[N+](C)(C)C)OC(=O)CCCCCCC. The van der Waals surface area contributed by atoms with Crippen LogP contribution in [0, 0.1) is 0 Å². The largest absolute Gasteiger partial charge is 0.472 e. The third-order valence-corrected chi connectivity index (χ3v) is 8.20. The van der Waals surface area contributed by atoms with Crippen molar-refractivity contribution in [3.05, 3.63) is 36.5 Å². The number of ether oxygens (including phenoxy) is 2. The number of unbranched alkanes of at least 4 members (excludes halogenated alkanes) is 12. The summed E-state index contributed by atoms with van der Waals surface area (Å²) in [4.78, 5) is 22.5. The van der Waals surface area contributed by atoms with Crippen LogP contribution in [-0.4, -0.2) is 75.6 Å².